The van der Waals surface area contributed by atoms with E-state index in [0.29, 0.717) is 11.2 Å². The molecular weight excluding hydrogens is 492 g/mol. The number of anilines is 2. The maximum absolute atomic E-state index is 15.2. The summed E-state index contributed by atoms with van der Waals surface area (Å²) in [7, 11) is 0. The van der Waals surface area contributed by atoms with Crippen LogP contribution in [-0.2, 0) is 10.3 Å². The van der Waals surface area contributed by atoms with E-state index in [1.807, 2.05) is 6.07 Å². The van der Waals surface area contributed by atoms with Gasteiger partial charge in [0, 0.05) is 24.0 Å². The zero-order valence-corrected chi connectivity index (χ0v) is 20.6. The number of hydrogen-bond donors (Lipinski definition) is 3. The Bertz CT molecular complexity index is 1350. The van der Waals surface area contributed by atoms with Crippen LogP contribution >= 0.6 is 0 Å². The molecule has 3 atom stereocenters. The van der Waals surface area contributed by atoms with Crippen LogP contribution < -0.4 is 16.2 Å². The second-order valence-electron chi connectivity index (χ2n) is 10.2. The van der Waals surface area contributed by atoms with Gasteiger partial charge in [-0.2, -0.15) is 23.5 Å². The van der Waals surface area contributed by atoms with Crippen molar-refractivity contribution in [1.82, 2.24) is 20.1 Å². The molecule has 198 valence electrons. The predicted molar refractivity (Wildman–Crippen MR) is 130 cm³/mol. The number of aromatic nitrogens is 3. The van der Waals surface area contributed by atoms with Crippen LogP contribution in [0.15, 0.2) is 41.3 Å². The summed E-state index contributed by atoms with van der Waals surface area (Å²) in [4.78, 5) is 15.3. The molecule has 0 amide bonds. The molecule has 37 heavy (non-hydrogen) atoms. The van der Waals surface area contributed by atoms with E-state index in [4.69, 9.17) is 4.74 Å². The summed E-state index contributed by atoms with van der Waals surface area (Å²) in [5.41, 5.74) is -1.86. The molecule has 1 aliphatic heterocycles. The number of halogens is 4. The molecule has 0 saturated carbocycles. The van der Waals surface area contributed by atoms with Gasteiger partial charge in [0.15, 0.2) is 5.82 Å². The number of H-pyrrole nitrogens is 1. The molecule has 1 saturated heterocycles. The Hall–Kier alpha value is -3.43. The number of nitriles is 1. The fourth-order valence-corrected chi connectivity index (χ4v) is 4.58. The molecule has 0 bridgehead atoms. The van der Waals surface area contributed by atoms with Gasteiger partial charge >= 0.3 is 6.18 Å². The third kappa shape index (κ3) is 5.33. The lowest BCUT2D eigenvalue weighted by Crippen LogP contribution is -2.49. The van der Waals surface area contributed by atoms with Crippen LogP contribution in [0.3, 0.4) is 0 Å². The summed E-state index contributed by atoms with van der Waals surface area (Å²) in [5, 5.41) is 19.7. The Morgan fingerprint density at radius 2 is 1.97 bits per heavy atom. The van der Waals surface area contributed by atoms with Crippen LogP contribution in [0.5, 0.6) is 0 Å². The van der Waals surface area contributed by atoms with Gasteiger partial charge in [-0.05, 0) is 51.0 Å². The number of nitrogens with one attached hydrogen (secondary N) is 3. The van der Waals surface area contributed by atoms with Crippen molar-refractivity contribution in [1.29, 1.82) is 5.26 Å². The normalized spacial score (nSPS) is 21.5. The monoisotopic (exact) mass is 520 g/mol. The number of ether oxygens (including phenoxy) is 1. The molecule has 12 heteroatoms. The minimum Gasteiger partial charge on any atom is -0.378 e. The molecular formula is C25H28F4N6O2. The van der Waals surface area contributed by atoms with Crippen molar-refractivity contribution in [2.24, 2.45) is 0 Å². The number of rotatable bonds is 6. The molecule has 0 spiro atoms. The quantitative estimate of drug-likeness (QED) is 0.402. The van der Waals surface area contributed by atoms with Crippen molar-refractivity contribution in [2.45, 2.75) is 63.1 Å². The third-order valence-electron chi connectivity index (χ3n) is 6.35. The Morgan fingerprint density at radius 3 is 2.57 bits per heavy atom. The zero-order chi connectivity index (χ0) is 27.0. The SMILES string of the molecule is CC(C)(C)N[C@H](c1ccc(Nc2nn([C@@]3(CC#N)CCOC[C@H]3F)c3cc[nH]c(=O)c23)cc1)C(F)(F)F. The molecule has 4 rings (SSSR count). The van der Waals surface area contributed by atoms with Crippen molar-refractivity contribution in [2.75, 3.05) is 18.5 Å². The summed E-state index contributed by atoms with van der Waals surface area (Å²) in [6, 6.07) is 7.33. The molecule has 3 N–H and O–H groups in total. The highest BCUT2D eigenvalue weighted by Crippen LogP contribution is 2.39. The van der Waals surface area contributed by atoms with Crippen LogP contribution in [0.1, 0.15) is 45.2 Å². The van der Waals surface area contributed by atoms with Gasteiger partial charge in [-0.15, -0.1) is 0 Å². The number of fused-ring (bicyclic) bond motifs is 1. The summed E-state index contributed by atoms with van der Waals surface area (Å²) >= 11 is 0. The summed E-state index contributed by atoms with van der Waals surface area (Å²) in [5.74, 6) is 0.0980. The smallest absolute Gasteiger partial charge is 0.378 e. The van der Waals surface area contributed by atoms with E-state index >= 15 is 4.39 Å². The van der Waals surface area contributed by atoms with Gasteiger partial charge in [-0.3, -0.25) is 14.8 Å². The van der Waals surface area contributed by atoms with Crippen molar-refractivity contribution >= 4 is 22.4 Å². The van der Waals surface area contributed by atoms with Gasteiger partial charge in [0.1, 0.15) is 23.1 Å². The lowest BCUT2D eigenvalue weighted by atomic mass is 9.85. The van der Waals surface area contributed by atoms with Gasteiger partial charge in [0.25, 0.3) is 5.56 Å². The van der Waals surface area contributed by atoms with Gasteiger partial charge in [0.2, 0.25) is 0 Å². The molecule has 0 aliphatic carbocycles. The zero-order valence-electron chi connectivity index (χ0n) is 20.6. The average Bonchev–Trinajstić information content (AvgIpc) is 3.19. The van der Waals surface area contributed by atoms with Gasteiger partial charge in [-0.1, -0.05) is 12.1 Å². The summed E-state index contributed by atoms with van der Waals surface area (Å²) in [6.45, 7) is 4.97. The first-order valence-electron chi connectivity index (χ1n) is 11.8. The van der Waals surface area contributed by atoms with Crippen molar-refractivity contribution in [3.05, 3.63) is 52.4 Å². The Morgan fingerprint density at radius 1 is 1.27 bits per heavy atom. The van der Waals surface area contributed by atoms with E-state index in [9.17, 15) is 23.2 Å². The maximum Gasteiger partial charge on any atom is 0.407 e. The van der Waals surface area contributed by atoms with E-state index in [0.717, 1.165) is 0 Å². The first kappa shape index (κ1) is 26.6. The van der Waals surface area contributed by atoms with Crippen LogP contribution in [0.25, 0.3) is 10.9 Å². The van der Waals surface area contributed by atoms with E-state index < -0.39 is 35.0 Å². The Labute approximate surface area is 210 Å². The van der Waals surface area contributed by atoms with Gasteiger partial charge < -0.3 is 15.0 Å². The minimum absolute atomic E-state index is 0.0247. The molecule has 1 aliphatic rings. The van der Waals surface area contributed by atoms with E-state index in [1.54, 1.807) is 26.8 Å². The number of pyridine rings is 1. The number of hydrogen-bond acceptors (Lipinski definition) is 6. The highest BCUT2D eigenvalue weighted by atomic mass is 19.4. The first-order valence-corrected chi connectivity index (χ1v) is 11.8. The Kier molecular flexibility index (Phi) is 7.05. The number of aromatic amines is 1. The highest BCUT2D eigenvalue weighted by Gasteiger charge is 2.46. The van der Waals surface area contributed by atoms with Crippen molar-refractivity contribution < 1.29 is 22.3 Å². The molecule has 0 radical (unpaired) electrons. The van der Waals surface area contributed by atoms with Crippen LogP contribution in [-0.4, -0.2) is 45.9 Å². The van der Waals surface area contributed by atoms with Crippen molar-refractivity contribution in [3.63, 3.8) is 0 Å². The molecule has 0 unspecified atom stereocenters. The Balaban J connectivity index is 1.73. The second kappa shape index (κ2) is 9.79. The lowest BCUT2D eigenvalue weighted by Gasteiger charge is -2.38. The third-order valence-corrected chi connectivity index (χ3v) is 6.35. The van der Waals surface area contributed by atoms with E-state index in [1.165, 1.54) is 35.1 Å². The van der Waals surface area contributed by atoms with E-state index in [-0.39, 0.29) is 42.8 Å². The fourth-order valence-electron chi connectivity index (χ4n) is 4.58. The van der Waals surface area contributed by atoms with Crippen LogP contribution in [0.4, 0.5) is 29.1 Å². The molecule has 3 heterocycles. The average molecular weight is 521 g/mol. The van der Waals surface area contributed by atoms with Gasteiger partial charge in [0.05, 0.1) is 24.6 Å². The van der Waals surface area contributed by atoms with E-state index in [2.05, 4.69) is 20.7 Å². The first-order chi connectivity index (χ1) is 17.4. The number of benzene rings is 1. The van der Waals surface area contributed by atoms with Crippen LogP contribution in [0.2, 0.25) is 0 Å². The van der Waals surface area contributed by atoms with Crippen molar-refractivity contribution in [3.8, 4) is 6.07 Å². The fraction of sp³-hybridized carbons (Fsp3) is 0.480. The second-order valence-corrected chi connectivity index (χ2v) is 10.2. The largest absolute Gasteiger partial charge is 0.407 e. The number of alkyl halides is 4. The molecule has 1 aromatic carbocycles. The topological polar surface area (TPSA) is 108 Å². The number of nitrogens with zero attached hydrogens (tertiary/aromatic N) is 3. The molecule has 8 nitrogen and oxygen atoms in total. The minimum atomic E-state index is -4.51. The standard InChI is InChI=1S/C25H28F4N6O2/c1-23(2,3)33-20(25(27,28)29)15-4-6-16(7-5-15)32-21-19-17(8-12-31-22(19)36)35(34-21)24(9-11-30)10-13-37-14-18(24)26/h4-8,12,18,20,33H,9-10,13-14H2,1-3H3,(H,31,36)(H,32,34)/t18-,20-,24+/m1/s1. The molecule has 2 aromatic heterocycles. The van der Waals surface area contributed by atoms with Crippen LogP contribution in [0, 0.1) is 11.3 Å². The predicted octanol–water partition coefficient (Wildman–Crippen LogP) is 4.83. The molecule has 1 fully saturated rings. The van der Waals surface area contributed by atoms with Gasteiger partial charge in [-0.25, -0.2) is 4.39 Å². The molecule has 3 aromatic rings. The summed E-state index contributed by atoms with van der Waals surface area (Å²) in [6.07, 6.45) is -4.64. The lowest BCUT2D eigenvalue weighted by molar-refractivity contribution is -0.161. The summed E-state index contributed by atoms with van der Waals surface area (Å²) < 4.78 is 63.0. The highest BCUT2D eigenvalue weighted by molar-refractivity contribution is 5.91. The maximum atomic E-state index is 15.2.